The number of piperidine rings is 1. The summed E-state index contributed by atoms with van der Waals surface area (Å²) in [6, 6.07) is 7.72. The monoisotopic (exact) mass is 338 g/mol. The number of hydrogen-bond donors (Lipinski definition) is 1. The summed E-state index contributed by atoms with van der Waals surface area (Å²) in [5.74, 6) is -0.195. The van der Waals surface area contributed by atoms with Crippen LogP contribution >= 0.6 is 0 Å². The minimum absolute atomic E-state index is 0.0343. The molecule has 1 aliphatic heterocycles. The summed E-state index contributed by atoms with van der Waals surface area (Å²) in [4.78, 5) is 12.8. The first-order valence-corrected chi connectivity index (χ1v) is 9.50. The van der Waals surface area contributed by atoms with Crippen LogP contribution in [0.15, 0.2) is 35.2 Å². The van der Waals surface area contributed by atoms with Crippen molar-refractivity contribution in [1.29, 1.82) is 0 Å². The Kier molecular flexibility index (Phi) is 5.47. The highest BCUT2D eigenvalue weighted by molar-refractivity contribution is 7.89. The molecule has 1 amide bonds. The van der Waals surface area contributed by atoms with Gasteiger partial charge in [-0.3, -0.25) is 4.79 Å². The molecule has 6 heteroatoms. The molecule has 1 aromatic carbocycles. The fourth-order valence-electron chi connectivity index (χ4n) is 2.65. The smallest absolute Gasteiger partial charge is 0.243 e. The lowest BCUT2D eigenvalue weighted by Gasteiger charge is -2.34. The maximum Gasteiger partial charge on any atom is 0.243 e. The molecule has 0 spiro atoms. The number of amides is 1. The van der Waals surface area contributed by atoms with E-state index in [1.807, 2.05) is 20.8 Å². The van der Waals surface area contributed by atoms with E-state index in [0.29, 0.717) is 19.5 Å². The maximum absolute atomic E-state index is 12.8. The van der Waals surface area contributed by atoms with Gasteiger partial charge in [-0.25, -0.2) is 8.42 Å². The van der Waals surface area contributed by atoms with Crippen molar-refractivity contribution in [3.05, 3.63) is 30.3 Å². The van der Waals surface area contributed by atoms with E-state index in [0.717, 1.165) is 12.8 Å². The summed E-state index contributed by atoms with van der Waals surface area (Å²) in [7, 11) is -3.64. The third kappa shape index (κ3) is 4.54. The van der Waals surface area contributed by atoms with Crippen LogP contribution in [-0.2, 0) is 14.8 Å². The van der Waals surface area contributed by atoms with Gasteiger partial charge >= 0.3 is 0 Å². The molecule has 0 radical (unpaired) electrons. The average molecular weight is 338 g/mol. The Bertz CT molecular complexity index is 636. The van der Waals surface area contributed by atoms with Gasteiger partial charge in [-0.1, -0.05) is 45.4 Å². The fraction of sp³-hybridized carbons (Fsp3) is 0.588. The Morgan fingerprint density at radius 1 is 1.22 bits per heavy atom. The Hall–Kier alpha value is -1.40. The quantitative estimate of drug-likeness (QED) is 0.917. The molecule has 1 N–H and O–H groups in total. The van der Waals surface area contributed by atoms with Gasteiger partial charge in [0, 0.05) is 13.1 Å². The van der Waals surface area contributed by atoms with Crippen molar-refractivity contribution in [3.8, 4) is 0 Å². The Morgan fingerprint density at radius 3 is 2.48 bits per heavy atom. The third-order valence-corrected chi connectivity index (χ3v) is 5.82. The van der Waals surface area contributed by atoms with E-state index in [1.165, 1.54) is 4.31 Å². The second-order valence-corrected chi connectivity index (χ2v) is 9.11. The van der Waals surface area contributed by atoms with Gasteiger partial charge in [0.05, 0.1) is 4.90 Å². The SMILES string of the molecule is CC(C)(C)CNC(=O)C1CCCCN1S(=O)(=O)c1ccccc1. The van der Waals surface area contributed by atoms with Crippen LogP contribution < -0.4 is 5.32 Å². The summed E-state index contributed by atoms with van der Waals surface area (Å²) < 4.78 is 27.1. The minimum atomic E-state index is -3.64. The van der Waals surface area contributed by atoms with E-state index in [-0.39, 0.29) is 16.2 Å². The van der Waals surface area contributed by atoms with Gasteiger partial charge in [0.25, 0.3) is 0 Å². The zero-order chi connectivity index (χ0) is 17.1. The van der Waals surface area contributed by atoms with Crippen molar-refractivity contribution in [2.75, 3.05) is 13.1 Å². The Balaban J connectivity index is 2.20. The van der Waals surface area contributed by atoms with E-state index in [2.05, 4.69) is 5.32 Å². The molecule has 23 heavy (non-hydrogen) atoms. The van der Waals surface area contributed by atoms with Crippen molar-refractivity contribution in [1.82, 2.24) is 9.62 Å². The van der Waals surface area contributed by atoms with Crippen LogP contribution in [0.3, 0.4) is 0 Å². The molecule has 0 aliphatic carbocycles. The first-order chi connectivity index (χ1) is 10.7. The first-order valence-electron chi connectivity index (χ1n) is 8.06. The molecule has 1 atom stereocenters. The van der Waals surface area contributed by atoms with E-state index >= 15 is 0 Å². The summed E-state index contributed by atoms with van der Waals surface area (Å²) in [5, 5.41) is 2.90. The number of carbonyl (C=O) groups is 1. The van der Waals surface area contributed by atoms with Crippen LogP contribution in [0.1, 0.15) is 40.0 Å². The summed E-state index contributed by atoms with van der Waals surface area (Å²) in [6.45, 7) is 7.03. The highest BCUT2D eigenvalue weighted by Gasteiger charge is 2.37. The zero-order valence-corrected chi connectivity index (χ0v) is 14.9. The second-order valence-electron chi connectivity index (χ2n) is 7.22. The van der Waals surface area contributed by atoms with Crippen molar-refractivity contribution >= 4 is 15.9 Å². The van der Waals surface area contributed by atoms with Crippen LogP contribution in [-0.4, -0.2) is 37.8 Å². The number of sulfonamides is 1. The van der Waals surface area contributed by atoms with Crippen molar-refractivity contribution in [2.45, 2.75) is 51.0 Å². The van der Waals surface area contributed by atoms with Gasteiger partial charge < -0.3 is 5.32 Å². The van der Waals surface area contributed by atoms with Crippen LogP contribution in [0.4, 0.5) is 0 Å². The van der Waals surface area contributed by atoms with E-state index in [1.54, 1.807) is 30.3 Å². The van der Waals surface area contributed by atoms with Gasteiger partial charge in [-0.05, 0) is 30.4 Å². The van der Waals surface area contributed by atoms with Crippen LogP contribution in [0, 0.1) is 5.41 Å². The number of nitrogens with zero attached hydrogens (tertiary/aromatic N) is 1. The average Bonchev–Trinajstić information content (AvgIpc) is 2.53. The molecule has 1 saturated heterocycles. The number of carbonyl (C=O) groups excluding carboxylic acids is 1. The standard InChI is InChI=1S/C17H26N2O3S/c1-17(2,3)13-18-16(20)15-11-7-8-12-19(15)23(21,22)14-9-5-4-6-10-14/h4-6,9-10,15H,7-8,11-13H2,1-3H3,(H,18,20). The molecule has 128 valence electrons. The van der Waals surface area contributed by atoms with E-state index in [4.69, 9.17) is 0 Å². The molecule has 1 aliphatic rings. The predicted octanol–water partition coefficient (Wildman–Crippen LogP) is 2.39. The highest BCUT2D eigenvalue weighted by atomic mass is 32.2. The second kappa shape index (κ2) is 7.01. The van der Waals surface area contributed by atoms with Crippen LogP contribution in [0.5, 0.6) is 0 Å². The number of hydrogen-bond acceptors (Lipinski definition) is 3. The van der Waals surface area contributed by atoms with Crippen LogP contribution in [0.25, 0.3) is 0 Å². The Morgan fingerprint density at radius 2 is 1.87 bits per heavy atom. The van der Waals surface area contributed by atoms with Gasteiger partial charge in [-0.2, -0.15) is 4.31 Å². The van der Waals surface area contributed by atoms with Crippen molar-refractivity contribution in [2.24, 2.45) is 5.41 Å². The lowest BCUT2D eigenvalue weighted by Crippen LogP contribution is -2.52. The topological polar surface area (TPSA) is 66.5 Å². The lowest BCUT2D eigenvalue weighted by atomic mass is 9.96. The molecular weight excluding hydrogens is 312 g/mol. The van der Waals surface area contributed by atoms with E-state index < -0.39 is 16.1 Å². The Labute approximate surface area is 139 Å². The molecule has 1 fully saturated rings. The molecule has 1 unspecified atom stereocenters. The largest absolute Gasteiger partial charge is 0.354 e. The van der Waals surface area contributed by atoms with E-state index in [9.17, 15) is 13.2 Å². The number of rotatable bonds is 4. The number of nitrogens with one attached hydrogen (secondary N) is 1. The molecule has 1 heterocycles. The lowest BCUT2D eigenvalue weighted by molar-refractivity contribution is -0.126. The van der Waals surface area contributed by atoms with Gasteiger partial charge in [0.15, 0.2) is 0 Å². The normalized spacial score (nSPS) is 20.2. The van der Waals surface area contributed by atoms with Gasteiger partial charge in [0.2, 0.25) is 15.9 Å². The highest BCUT2D eigenvalue weighted by Crippen LogP contribution is 2.25. The first kappa shape index (κ1) is 17.9. The molecule has 0 bridgehead atoms. The summed E-state index contributed by atoms with van der Waals surface area (Å²) in [6.07, 6.45) is 2.23. The molecular formula is C17H26N2O3S. The molecule has 5 nitrogen and oxygen atoms in total. The minimum Gasteiger partial charge on any atom is -0.354 e. The van der Waals surface area contributed by atoms with Gasteiger partial charge in [-0.15, -0.1) is 0 Å². The molecule has 1 aromatic rings. The zero-order valence-electron chi connectivity index (χ0n) is 14.1. The van der Waals surface area contributed by atoms with Gasteiger partial charge in [0.1, 0.15) is 6.04 Å². The third-order valence-electron chi connectivity index (χ3n) is 3.90. The molecule has 2 rings (SSSR count). The fourth-order valence-corrected chi connectivity index (χ4v) is 4.33. The predicted molar refractivity (Wildman–Crippen MR) is 90.4 cm³/mol. The number of benzene rings is 1. The van der Waals surface area contributed by atoms with Crippen molar-refractivity contribution in [3.63, 3.8) is 0 Å². The molecule has 0 saturated carbocycles. The van der Waals surface area contributed by atoms with Crippen molar-refractivity contribution < 1.29 is 13.2 Å². The maximum atomic E-state index is 12.8. The van der Waals surface area contributed by atoms with Crippen LogP contribution in [0.2, 0.25) is 0 Å². The summed E-state index contributed by atoms with van der Waals surface area (Å²) >= 11 is 0. The molecule has 0 aromatic heterocycles. The summed E-state index contributed by atoms with van der Waals surface area (Å²) in [5.41, 5.74) is -0.0343.